The molecule has 10 heteroatoms. The second kappa shape index (κ2) is 13.7. The van der Waals surface area contributed by atoms with Crippen molar-refractivity contribution >= 4 is 45.7 Å². The number of anilines is 1. The normalized spacial score (nSPS) is 16.1. The van der Waals surface area contributed by atoms with Gasteiger partial charge in [-0.15, -0.1) is 10.2 Å². The smallest absolute Gasteiger partial charge is 0.301 e. The van der Waals surface area contributed by atoms with Crippen molar-refractivity contribution < 1.29 is 24.2 Å². The van der Waals surface area contributed by atoms with Gasteiger partial charge >= 0.3 is 5.91 Å². The van der Waals surface area contributed by atoms with E-state index < -0.39 is 17.7 Å². The van der Waals surface area contributed by atoms with Gasteiger partial charge in [0.25, 0.3) is 5.78 Å². The Morgan fingerprint density at radius 3 is 2.52 bits per heavy atom. The molecule has 0 aliphatic carbocycles. The second-order valence-electron chi connectivity index (χ2n) is 11.1. The number of aliphatic hydroxyl groups excluding tert-OH is 1. The standard InChI is InChI=1S/C34H35N3O5S2/c1-20(2)15-16-42-26-14-13-24(18-27(26)41-5)29-28(30(38)25-17-21(3)11-12-22(25)4)31(39)32(40)37(29)33-35-36-34(44-33)43-19-23-9-7-6-8-10-23/h6-14,17-18,20,29,38H,15-16,19H2,1-5H3/b30-28+. The summed E-state index contributed by atoms with van der Waals surface area (Å²) < 4.78 is 12.3. The predicted molar refractivity (Wildman–Crippen MR) is 175 cm³/mol. The lowest BCUT2D eigenvalue weighted by atomic mass is 9.93. The first-order chi connectivity index (χ1) is 21.2. The van der Waals surface area contributed by atoms with Crippen LogP contribution in [0.5, 0.6) is 11.5 Å². The molecule has 4 aromatic rings. The number of methoxy groups -OCH3 is 1. The Kier molecular flexibility index (Phi) is 9.71. The van der Waals surface area contributed by atoms with Gasteiger partial charge in [-0.1, -0.05) is 91.0 Å². The van der Waals surface area contributed by atoms with Crippen LogP contribution in [0.15, 0.2) is 76.6 Å². The van der Waals surface area contributed by atoms with E-state index in [1.807, 2.05) is 62.4 Å². The summed E-state index contributed by atoms with van der Waals surface area (Å²) in [4.78, 5) is 28.8. The number of hydrogen-bond donors (Lipinski definition) is 1. The van der Waals surface area contributed by atoms with Gasteiger partial charge in [-0.3, -0.25) is 14.5 Å². The summed E-state index contributed by atoms with van der Waals surface area (Å²) in [5, 5.41) is 20.6. The molecule has 2 heterocycles. The van der Waals surface area contributed by atoms with Gasteiger partial charge in [0.2, 0.25) is 5.13 Å². The fraction of sp³-hybridized carbons (Fsp3) is 0.294. The Hall–Kier alpha value is -4.15. The van der Waals surface area contributed by atoms with Crippen LogP contribution in [0.3, 0.4) is 0 Å². The molecule has 1 N–H and O–H groups in total. The molecule has 1 unspecified atom stereocenters. The maximum atomic E-state index is 13.7. The average Bonchev–Trinajstić information content (AvgIpc) is 3.59. The molecule has 228 valence electrons. The van der Waals surface area contributed by atoms with Crippen molar-refractivity contribution in [1.29, 1.82) is 0 Å². The molecule has 0 radical (unpaired) electrons. The van der Waals surface area contributed by atoms with Crippen LogP contribution < -0.4 is 14.4 Å². The molecule has 5 rings (SSSR count). The zero-order valence-corrected chi connectivity index (χ0v) is 27.0. The van der Waals surface area contributed by atoms with E-state index in [0.717, 1.165) is 23.1 Å². The number of benzene rings is 3. The lowest BCUT2D eigenvalue weighted by molar-refractivity contribution is -0.132. The van der Waals surface area contributed by atoms with E-state index >= 15 is 0 Å². The van der Waals surface area contributed by atoms with Crippen molar-refractivity contribution in [2.75, 3.05) is 18.6 Å². The number of aliphatic hydroxyl groups is 1. The fourth-order valence-corrected chi connectivity index (χ4v) is 6.76. The van der Waals surface area contributed by atoms with Gasteiger partial charge in [-0.05, 0) is 61.1 Å². The zero-order chi connectivity index (χ0) is 31.4. The number of amides is 1. The number of hydrogen-bond acceptors (Lipinski definition) is 9. The third-order valence-corrected chi connectivity index (χ3v) is 9.48. The molecule has 3 aromatic carbocycles. The number of nitrogens with zero attached hydrogens (tertiary/aromatic N) is 3. The van der Waals surface area contributed by atoms with Gasteiger partial charge in [0, 0.05) is 11.3 Å². The van der Waals surface area contributed by atoms with Crippen LogP contribution in [0, 0.1) is 19.8 Å². The number of rotatable bonds is 11. The highest BCUT2D eigenvalue weighted by Gasteiger charge is 2.48. The van der Waals surface area contributed by atoms with Gasteiger partial charge in [0.15, 0.2) is 15.8 Å². The summed E-state index contributed by atoms with van der Waals surface area (Å²) in [6.45, 7) is 8.54. The topological polar surface area (TPSA) is 102 Å². The number of ketones is 1. The summed E-state index contributed by atoms with van der Waals surface area (Å²) in [5.41, 5.74) is 3.86. The molecular formula is C34H35N3O5S2. The van der Waals surface area contributed by atoms with E-state index in [-0.39, 0.29) is 16.5 Å². The van der Waals surface area contributed by atoms with Gasteiger partial charge in [0.05, 0.1) is 25.3 Å². The van der Waals surface area contributed by atoms with E-state index in [2.05, 4.69) is 24.0 Å². The van der Waals surface area contributed by atoms with Crippen LogP contribution in [0.25, 0.3) is 5.76 Å². The summed E-state index contributed by atoms with van der Waals surface area (Å²) in [5.74, 6) is 0.357. The first-order valence-electron chi connectivity index (χ1n) is 14.4. The molecule has 1 aliphatic rings. The van der Waals surface area contributed by atoms with Crippen LogP contribution in [0.4, 0.5) is 5.13 Å². The number of carbonyl (C=O) groups is 2. The van der Waals surface area contributed by atoms with Gasteiger partial charge in [-0.2, -0.15) is 0 Å². The van der Waals surface area contributed by atoms with Gasteiger partial charge < -0.3 is 14.6 Å². The molecule has 1 atom stereocenters. The van der Waals surface area contributed by atoms with Gasteiger partial charge in [0.1, 0.15) is 5.76 Å². The highest BCUT2D eigenvalue weighted by molar-refractivity contribution is 8.00. The SMILES string of the molecule is COc1cc(C2/C(=C(\O)c3cc(C)ccc3C)C(=O)C(=O)N2c2nnc(SCc3ccccc3)s2)ccc1OCCC(C)C. The average molecular weight is 630 g/mol. The Morgan fingerprint density at radius 1 is 1.02 bits per heavy atom. The minimum absolute atomic E-state index is 0.0204. The van der Waals surface area contributed by atoms with Crippen LogP contribution >= 0.6 is 23.1 Å². The summed E-state index contributed by atoms with van der Waals surface area (Å²) in [6, 6.07) is 19.9. The molecule has 44 heavy (non-hydrogen) atoms. The summed E-state index contributed by atoms with van der Waals surface area (Å²) in [7, 11) is 1.54. The molecule has 1 amide bonds. The molecular weight excluding hydrogens is 595 g/mol. The molecule has 1 aromatic heterocycles. The van der Waals surface area contributed by atoms with Crippen molar-refractivity contribution in [3.8, 4) is 11.5 Å². The number of carbonyl (C=O) groups excluding carboxylic acids is 2. The first-order valence-corrected chi connectivity index (χ1v) is 16.2. The molecule has 0 bridgehead atoms. The largest absolute Gasteiger partial charge is 0.507 e. The number of Topliss-reactive ketones (excluding diaryl/α,β-unsaturated/α-hetero) is 1. The summed E-state index contributed by atoms with van der Waals surface area (Å²) >= 11 is 2.73. The fourth-order valence-electron chi connectivity index (χ4n) is 4.94. The molecule has 1 saturated heterocycles. The van der Waals surface area contributed by atoms with Crippen molar-refractivity contribution in [2.45, 2.75) is 50.3 Å². The molecule has 1 fully saturated rings. The van der Waals surface area contributed by atoms with E-state index in [4.69, 9.17) is 9.47 Å². The van der Waals surface area contributed by atoms with Gasteiger partial charge in [-0.25, -0.2) is 0 Å². The molecule has 0 spiro atoms. The highest BCUT2D eigenvalue weighted by atomic mass is 32.2. The minimum atomic E-state index is -0.964. The third kappa shape index (κ3) is 6.66. The van der Waals surface area contributed by atoms with Crippen LogP contribution in [-0.2, 0) is 15.3 Å². The number of aryl methyl sites for hydroxylation is 2. The van der Waals surface area contributed by atoms with Crippen molar-refractivity contribution in [2.24, 2.45) is 5.92 Å². The molecule has 1 aliphatic heterocycles. The monoisotopic (exact) mass is 629 g/mol. The zero-order valence-electron chi connectivity index (χ0n) is 25.4. The quantitative estimate of drug-likeness (QED) is 0.0598. The Bertz CT molecular complexity index is 1700. The molecule has 8 nitrogen and oxygen atoms in total. The first kappa shape index (κ1) is 31.3. The van der Waals surface area contributed by atoms with Crippen molar-refractivity contribution in [1.82, 2.24) is 10.2 Å². The van der Waals surface area contributed by atoms with E-state index in [0.29, 0.717) is 45.2 Å². The third-order valence-electron chi connectivity index (χ3n) is 7.36. The Balaban J connectivity index is 1.58. The van der Waals surface area contributed by atoms with Crippen LogP contribution in [0.2, 0.25) is 0 Å². The summed E-state index contributed by atoms with van der Waals surface area (Å²) in [6.07, 6.45) is 0.878. The minimum Gasteiger partial charge on any atom is -0.507 e. The number of aromatic nitrogens is 2. The van der Waals surface area contributed by atoms with E-state index in [9.17, 15) is 14.7 Å². The molecule has 0 saturated carbocycles. The van der Waals surface area contributed by atoms with Crippen LogP contribution in [-0.4, -0.2) is 40.7 Å². The van der Waals surface area contributed by atoms with E-state index in [1.54, 1.807) is 25.3 Å². The Morgan fingerprint density at radius 2 is 1.80 bits per heavy atom. The van der Waals surface area contributed by atoms with Crippen molar-refractivity contribution in [3.05, 3.63) is 100 Å². The lowest BCUT2D eigenvalue weighted by Gasteiger charge is -2.24. The van der Waals surface area contributed by atoms with Crippen LogP contribution in [0.1, 0.15) is 54.1 Å². The number of ether oxygens (including phenoxy) is 2. The van der Waals surface area contributed by atoms with Crippen molar-refractivity contribution in [3.63, 3.8) is 0 Å². The number of thioether (sulfide) groups is 1. The lowest BCUT2D eigenvalue weighted by Crippen LogP contribution is -2.29. The maximum absolute atomic E-state index is 13.7. The second-order valence-corrected chi connectivity index (χ2v) is 13.2. The predicted octanol–water partition coefficient (Wildman–Crippen LogP) is 7.51. The van der Waals surface area contributed by atoms with E-state index in [1.165, 1.54) is 28.0 Å². The maximum Gasteiger partial charge on any atom is 0.301 e. The highest BCUT2D eigenvalue weighted by Crippen LogP contribution is 2.46. The Labute approximate surface area is 265 Å².